The second-order valence-electron chi connectivity index (χ2n) is 4.94. The van der Waals surface area contributed by atoms with Crippen molar-refractivity contribution < 1.29 is 0 Å². The van der Waals surface area contributed by atoms with Crippen molar-refractivity contribution in [2.24, 2.45) is 0 Å². The van der Waals surface area contributed by atoms with E-state index in [1.807, 2.05) is 53.6 Å². The van der Waals surface area contributed by atoms with Crippen molar-refractivity contribution in [2.45, 2.75) is 13.5 Å². The minimum atomic E-state index is 0.579. The molecule has 0 unspecified atom stereocenters. The lowest BCUT2D eigenvalue weighted by Gasteiger charge is -2.20. The largest absolute Gasteiger partial charge is 0.364 e. The molecule has 0 aliphatic heterocycles. The van der Waals surface area contributed by atoms with Crippen LogP contribution in [-0.4, -0.2) is 26.7 Å². The maximum Gasteiger partial charge on any atom is 0.251 e. The van der Waals surface area contributed by atoms with Gasteiger partial charge in [-0.25, -0.2) is 0 Å². The minimum Gasteiger partial charge on any atom is -0.364 e. The Labute approximate surface area is 135 Å². The van der Waals surface area contributed by atoms with Crippen LogP contribution in [0.15, 0.2) is 61.1 Å². The number of hydrogen-bond donors (Lipinski definition) is 1. The van der Waals surface area contributed by atoms with Gasteiger partial charge in [0.1, 0.15) is 0 Å². The number of nitrogens with one attached hydrogen (secondary N) is 1. The summed E-state index contributed by atoms with van der Waals surface area (Å²) in [6, 6.07) is 14.0. The Morgan fingerprint density at radius 1 is 1.04 bits per heavy atom. The number of aromatic nitrogens is 4. The Bertz CT molecular complexity index is 732. The molecule has 0 aliphatic carbocycles. The Morgan fingerprint density at radius 3 is 2.65 bits per heavy atom. The molecule has 0 bridgehead atoms. The molecule has 0 aliphatic rings. The molecule has 0 radical (unpaired) electrons. The maximum absolute atomic E-state index is 4.56. The summed E-state index contributed by atoms with van der Waals surface area (Å²) in [6.07, 6.45) is 5.20. The first kappa shape index (κ1) is 14.9. The summed E-state index contributed by atoms with van der Waals surface area (Å²) in [4.78, 5) is 10.7. The highest BCUT2D eigenvalue weighted by Crippen LogP contribution is 2.21. The van der Waals surface area contributed by atoms with Gasteiger partial charge in [0.05, 0.1) is 6.20 Å². The molecule has 1 aromatic carbocycles. The molecule has 0 atom stereocenters. The summed E-state index contributed by atoms with van der Waals surface area (Å²) >= 11 is 0. The van der Waals surface area contributed by atoms with Crippen LogP contribution in [0, 0.1) is 0 Å². The molecule has 0 amide bonds. The van der Waals surface area contributed by atoms with E-state index in [4.69, 9.17) is 0 Å². The monoisotopic (exact) mass is 306 g/mol. The maximum atomic E-state index is 4.56. The zero-order valence-corrected chi connectivity index (χ0v) is 12.9. The normalized spacial score (nSPS) is 10.3. The molecule has 6 heteroatoms. The lowest BCUT2D eigenvalue weighted by Crippen LogP contribution is -2.19. The van der Waals surface area contributed by atoms with Crippen LogP contribution < -0.4 is 10.2 Å². The van der Waals surface area contributed by atoms with Crippen LogP contribution >= 0.6 is 0 Å². The van der Waals surface area contributed by atoms with Gasteiger partial charge in [-0.05, 0) is 30.7 Å². The van der Waals surface area contributed by atoms with Crippen LogP contribution in [0.2, 0.25) is 0 Å². The SMILES string of the molecule is CCN(c1ccccc1)c1nncc(NCc2cccnc2)n1. The molecule has 2 aromatic heterocycles. The Hall–Kier alpha value is -3.02. The van der Waals surface area contributed by atoms with Crippen molar-refractivity contribution in [1.29, 1.82) is 0 Å². The van der Waals surface area contributed by atoms with Crippen LogP contribution in [0.5, 0.6) is 0 Å². The van der Waals surface area contributed by atoms with Crippen LogP contribution in [0.4, 0.5) is 17.5 Å². The van der Waals surface area contributed by atoms with Gasteiger partial charge in [0.2, 0.25) is 0 Å². The molecule has 0 spiro atoms. The fourth-order valence-electron chi connectivity index (χ4n) is 2.24. The van der Waals surface area contributed by atoms with Crippen molar-refractivity contribution in [3.8, 4) is 0 Å². The molecule has 0 fully saturated rings. The molecule has 116 valence electrons. The van der Waals surface area contributed by atoms with Crippen molar-refractivity contribution >= 4 is 17.5 Å². The van der Waals surface area contributed by atoms with Gasteiger partial charge in [-0.1, -0.05) is 24.3 Å². The van der Waals surface area contributed by atoms with E-state index in [0.29, 0.717) is 18.3 Å². The molecule has 6 nitrogen and oxygen atoms in total. The molecule has 23 heavy (non-hydrogen) atoms. The van der Waals surface area contributed by atoms with E-state index < -0.39 is 0 Å². The third-order valence-corrected chi connectivity index (χ3v) is 3.37. The number of anilines is 3. The van der Waals surface area contributed by atoms with Crippen LogP contribution in [0.25, 0.3) is 0 Å². The van der Waals surface area contributed by atoms with Gasteiger partial charge in [0.25, 0.3) is 5.95 Å². The third kappa shape index (κ3) is 3.79. The van der Waals surface area contributed by atoms with E-state index in [2.05, 4.69) is 32.4 Å². The minimum absolute atomic E-state index is 0.579. The Morgan fingerprint density at radius 2 is 1.91 bits per heavy atom. The average Bonchev–Trinajstić information content (AvgIpc) is 2.63. The predicted molar refractivity (Wildman–Crippen MR) is 90.5 cm³/mol. The topological polar surface area (TPSA) is 66.8 Å². The second kappa shape index (κ2) is 7.31. The first-order valence-electron chi connectivity index (χ1n) is 7.52. The zero-order chi connectivity index (χ0) is 15.9. The van der Waals surface area contributed by atoms with Crippen molar-refractivity contribution in [2.75, 3.05) is 16.8 Å². The summed E-state index contributed by atoms with van der Waals surface area (Å²) in [5.74, 6) is 1.27. The highest BCUT2D eigenvalue weighted by molar-refractivity contribution is 5.57. The highest BCUT2D eigenvalue weighted by Gasteiger charge is 2.11. The van der Waals surface area contributed by atoms with E-state index in [0.717, 1.165) is 17.8 Å². The van der Waals surface area contributed by atoms with Gasteiger partial charge in [0, 0.05) is 31.2 Å². The first-order valence-corrected chi connectivity index (χ1v) is 7.52. The van der Waals surface area contributed by atoms with Crippen LogP contribution in [-0.2, 0) is 6.54 Å². The fraction of sp³-hybridized carbons (Fsp3) is 0.176. The Balaban J connectivity index is 1.76. The van der Waals surface area contributed by atoms with E-state index in [1.54, 1.807) is 12.4 Å². The van der Waals surface area contributed by atoms with E-state index in [1.165, 1.54) is 0 Å². The molecule has 2 heterocycles. The molecular formula is C17H18N6. The molecule has 0 saturated heterocycles. The van der Waals surface area contributed by atoms with Gasteiger partial charge in [-0.2, -0.15) is 10.1 Å². The van der Waals surface area contributed by atoms with E-state index >= 15 is 0 Å². The fourth-order valence-corrected chi connectivity index (χ4v) is 2.24. The summed E-state index contributed by atoms with van der Waals surface area (Å²) < 4.78 is 0. The number of pyridine rings is 1. The zero-order valence-electron chi connectivity index (χ0n) is 12.9. The Kier molecular flexibility index (Phi) is 4.73. The molecule has 0 saturated carbocycles. The number of para-hydroxylation sites is 1. The summed E-state index contributed by atoms with van der Waals surface area (Å²) in [5.41, 5.74) is 2.13. The van der Waals surface area contributed by atoms with Gasteiger partial charge in [-0.3, -0.25) is 4.98 Å². The predicted octanol–water partition coefficient (Wildman–Crippen LogP) is 3.04. The lowest BCUT2D eigenvalue weighted by molar-refractivity contribution is 0.881. The summed E-state index contributed by atoms with van der Waals surface area (Å²) in [5, 5.41) is 11.5. The van der Waals surface area contributed by atoms with Crippen molar-refractivity contribution in [1.82, 2.24) is 20.2 Å². The highest BCUT2D eigenvalue weighted by atomic mass is 15.3. The van der Waals surface area contributed by atoms with E-state index in [-0.39, 0.29) is 0 Å². The number of hydrogen-bond acceptors (Lipinski definition) is 6. The third-order valence-electron chi connectivity index (χ3n) is 3.37. The standard InChI is InChI=1S/C17H18N6/c1-2-23(15-8-4-3-5-9-15)17-21-16(13-20-22-17)19-12-14-7-6-10-18-11-14/h3-11,13H,2,12H2,1H3,(H,19,21,22). The van der Waals surface area contributed by atoms with Gasteiger partial charge >= 0.3 is 0 Å². The lowest BCUT2D eigenvalue weighted by atomic mass is 10.3. The van der Waals surface area contributed by atoms with Crippen LogP contribution in [0.3, 0.4) is 0 Å². The average molecular weight is 306 g/mol. The van der Waals surface area contributed by atoms with Crippen molar-refractivity contribution in [3.63, 3.8) is 0 Å². The van der Waals surface area contributed by atoms with Crippen molar-refractivity contribution in [3.05, 3.63) is 66.6 Å². The number of benzene rings is 1. The summed E-state index contributed by atoms with van der Waals surface area (Å²) in [6.45, 7) is 3.47. The molecular weight excluding hydrogens is 288 g/mol. The van der Waals surface area contributed by atoms with Gasteiger partial charge < -0.3 is 10.2 Å². The van der Waals surface area contributed by atoms with Gasteiger partial charge in [0.15, 0.2) is 5.82 Å². The number of nitrogens with zero attached hydrogens (tertiary/aromatic N) is 5. The smallest absolute Gasteiger partial charge is 0.251 e. The number of rotatable bonds is 6. The van der Waals surface area contributed by atoms with Crippen LogP contribution in [0.1, 0.15) is 12.5 Å². The molecule has 3 aromatic rings. The summed E-state index contributed by atoms with van der Waals surface area (Å²) in [7, 11) is 0. The van der Waals surface area contributed by atoms with E-state index in [9.17, 15) is 0 Å². The first-order chi connectivity index (χ1) is 11.4. The molecule has 1 N–H and O–H groups in total. The van der Waals surface area contributed by atoms with Gasteiger partial charge in [-0.15, -0.1) is 5.10 Å². The quantitative estimate of drug-likeness (QED) is 0.755. The second-order valence-corrected chi connectivity index (χ2v) is 4.94. The molecule has 3 rings (SSSR count).